The van der Waals surface area contributed by atoms with Crippen LogP contribution in [-0.2, 0) is 4.79 Å². The van der Waals surface area contributed by atoms with Gasteiger partial charge in [-0.05, 0) is 20.3 Å². The van der Waals surface area contributed by atoms with E-state index in [2.05, 4.69) is 22.5 Å². The van der Waals surface area contributed by atoms with Gasteiger partial charge in [0.2, 0.25) is 5.91 Å². The number of carbonyl (C=O) groups excluding carboxylic acids is 1. The van der Waals surface area contributed by atoms with E-state index in [0.717, 1.165) is 38.6 Å². The zero-order valence-electron chi connectivity index (χ0n) is 11.5. The third-order valence-corrected chi connectivity index (χ3v) is 2.84. The smallest absolute Gasteiger partial charge is 0.222 e. The third-order valence-electron chi connectivity index (χ3n) is 2.84. The standard InChI is InChI=1S/C12H24N4O.HI/c1-4-11(17)16-8-7-10(9-16)15-12(13-5-2)14-6-3;/h10H,4-9H2,1-3H3,(H2,13,14,15);1H. The van der Waals surface area contributed by atoms with Crippen LogP contribution in [0.25, 0.3) is 0 Å². The van der Waals surface area contributed by atoms with E-state index in [1.165, 1.54) is 0 Å². The van der Waals surface area contributed by atoms with Crippen LogP contribution >= 0.6 is 24.0 Å². The highest BCUT2D eigenvalue weighted by atomic mass is 127. The molecule has 0 aliphatic carbocycles. The summed E-state index contributed by atoms with van der Waals surface area (Å²) in [5.74, 6) is 1.09. The first-order valence-electron chi connectivity index (χ1n) is 6.53. The molecule has 106 valence electrons. The molecule has 0 radical (unpaired) electrons. The van der Waals surface area contributed by atoms with Gasteiger partial charge in [0.05, 0.1) is 0 Å². The number of halogens is 1. The Morgan fingerprint density at radius 3 is 2.67 bits per heavy atom. The summed E-state index contributed by atoms with van der Waals surface area (Å²) in [6.07, 6.45) is 1.59. The first-order chi connectivity index (χ1) is 8.21. The molecule has 6 heteroatoms. The first kappa shape index (κ1) is 17.5. The van der Waals surface area contributed by atoms with Crippen LogP contribution in [0.3, 0.4) is 0 Å². The van der Waals surface area contributed by atoms with Gasteiger partial charge in [-0.2, -0.15) is 0 Å². The highest BCUT2D eigenvalue weighted by Crippen LogP contribution is 2.10. The maximum Gasteiger partial charge on any atom is 0.222 e. The number of guanidine groups is 1. The van der Waals surface area contributed by atoms with E-state index < -0.39 is 0 Å². The van der Waals surface area contributed by atoms with Gasteiger partial charge in [-0.1, -0.05) is 6.92 Å². The zero-order chi connectivity index (χ0) is 12.7. The second-order valence-corrected chi connectivity index (χ2v) is 4.18. The minimum absolute atomic E-state index is 0. The van der Waals surface area contributed by atoms with E-state index in [9.17, 15) is 4.79 Å². The van der Waals surface area contributed by atoms with Crippen molar-refractivity contribution in [3.63, 3.8) is 0 Å². The number of carbonyl (C=O) groups is 1. The normalized spacial score (nSPS) is 19.4. The highest BCUT2D eigenvalue weighted by molar-refractivity contribution is 14.0. The molecule has 1 aliphatic rings. The average Bonchev–Trinajstić information content (AvgIpc) is 2.77. The van der Waals surface area contributed by atoms with Crippen LogP contribution in [0, 0.1) is 0 Å². The molecule has 0 saturated carbocycles. The summed E-state index contributed by atoms with van der Waals surface area (Å²) in [7, 11) is 0. The lowest BCUT2D eigenvalue weighted by molar-refractivity contribution is -0.129. The molecule has 0 spiro atoms. The fourth-order valence-electron chi connectivity index (χ4n) is 2.00. The number of rotatable bonds is 4. The van der Waals surface area contributed by atoms with E-state index in [-0.39, 0.29) is 29.9 Å². The zero-order valence-corrected chi connectivity index (χ0v) is 13.9. The number of hydrogen-bond acceptors (Lipinski definition) is 2. The van der Waals surface area contributed by atoms with Crippen molar-refractivity contribution in [3.05, 3.63) is 0 Å². The Morgan fingerprint density at radius 2 is 2.11 bits per heavy atom. The Hall–Kier alpha value is -0.530. The molecular weight excluding hydrogens is 343 g/mol. The van der Waals surface area contributed by atoms with Gasteiger partial charge in [0.1, 0.15) is 0 Å². The Morgan fingerprint density at radius 1 is 1.39 bits per heavy atom. The Kier molecular flexibility index (Phi) is 9.13. The number of aliphatic imine (C=N–C) groups is 1. The van der Waals surface area contributed by atoms with Gasteiger partial charge in [0, 0.05) is 38.6 Å². The predicted molar refractivity (Wildman–Crippen MR) is 85.5 cm³/mol. The van der Waals surface area contributed by atoms with E-state index >= 15 is 0 Å². The molecule has 1 heterocycles. The van der Waals surface area contributed by atoms with Gasteiger partial charge in [0.25, 0.3) is 0 Å². The molecule has 1 fully saturated rings. The van der Waals surface area contributed by atoms with E-state index in [0.29, 0.717) is 12.5 Å². The van der Waals surface area contributed by atoms with E-state index in [4.69, 9.17) is 0 Å². The van der Waals surface area contributed by atoms with Gasteiger partial charge in [-0.3, -0.25) is 9.79 Å². The average molecular weight is 368 g/mol. The first-order valence-corrected chi connectivity index (χ1v) is 6.53. The van der Waals surface area contributed by atoms with Gasteiger partial charge >= 0.3 is 0 Å². The Balaban J connectivity index is 0.00000289. The SMILES string of the molecule is CCN=C(NCC)NC1CCN(C(=O)CC)C1.I. The molecule has 1 rings (SSSR count). The van der Waals surface area contributed by atoms with Crippen LogP contribution in [0.5, 0.6) is 0 Å². The fourth-order valence-corrected chi connectivity index (χ4v) is 2.00. The van der Waals surface area contributed by atoms with Crippen molar-refractivity contribution >= 4 is 35.8 Å². The Bertz CT molecular complexity index is 283. The number of amides is 1. The molecule has 0 aromatic rings. The molecule has 18 heavy (non-hydrogen) atoms. The van der Waals surface area contributed by atoms with Crippen molar-refractivity contribution < 1.29 is 4.79 Å². The van der Waals surface area contributed by atoms with Crippen LogP contribution in [0.2, 0.25) is 0 Å². The van der Waals surface area contributed by atoms with E-state index in [1.54, 1.807) is 0 Å². The summed E-state index contributed by atoms with van der Waals surface area (Å²) in [5.41, 5.74) is 0. The van der Waals surface area contributed by atoms with Crippen molar-refractivity contribution in [2.24, 2.45) is 4.99 Å². The molecule has 1 aliphatic heterocycles. The lowest BCUT2D eigenvalue weighted by Gasteiger charge is -2.18. The van der Waals surface area contributed by atoms with E-state index in [1.807, 2.05) is 18.7 Å². The molecule has 2 N–H and O–H groups in total. The molecular formula is C12H25IN4O. The minimum Gasteiger partial charge on any atom is -0.357 e. The van der Waals surface area contributed by atoms with Crippen molar-refractivity contribution in [1.82, 2.24) is 15.5 Å². The molecule has 0 bridgehead atoms. The fraction of sp³-hybridized carbons (Fsp3) is 0.833. The molecule has 5 nitrogen and oxygen atoms in total. The Labute approximate surface area is 127 Å². The van der Waals surface area contributed by atoms with Crippen molar-refractivity contribution in [2.45, 2.75) is 39.7 Å². The monoisotopic (exact) mass is 368 g/mol. The largest absolute Gasteiger partial charge is 0.357 e. The topological polar surface area (TPSA) is 56.7 Å². The second kappa shape index (κ2) is 9.41. The minimum atomic E-state index is 0. The number of likely N-dealkylation sites (tertiary alicyclic amines) is 1. The molecule has 0 aromatic carbocycles. The third kappa shape index (κ3) is 5.41. The summed E-state index contributed by atoms with van der Waals surface area (Å²) in [5, 5.41) is 6.58. The van der Waals surface area contributed by atoms with Gasteiger partial charge in [0.15, 0.2) is 5.96 Å². The summed E-state index contributed by atoms with van der Waals surface area (Å²) in [6.45, 7) is 9.24. The van der Waals surface area contributed by atoms with Crippen molar-refractivity contribution in [3.8, 4) is 0 Å². The summed E-state index contributed by atoms with van der Waals surface area (Å²) in [6, 6.07) is 0.329. The van der Waals surface area contributed by atoms with Crippen LogP contribution in [0.15, 0.2) is 4.99 Å². The maximum absolute atomic E-state index is 11.5. The lowest BCUT2D eigenvalue weighted by atomic mass is 10.3. The number of nitrogens with zero attached hydrogens (tertiary/aromatic N) is 2. The second-order valence-electron chi connectivity index (χ2n) is 4.18. The van der Waals surface area contributed by atoms with Crippen LogP contribution in [0.4, 0.5) is 0 Å². The predicted octanol–water partition coefficient (Wildman–Crippen LogP) is 1.19. The van der Waals surface area contributed by atoms with Crippen molar-refractivity contribution in [2.75, 3.05) is 26.2 Å². The van der Waals surface area contributed by atoms with Gasteiger partial charge in [-0.25, -0.2) is 0 Å². The van der Waals surface area contributed by atoms with Crippen LogP contribution in [0.1, 0.15) is 33.6 Å². The number of nitrogens with one attached hydrogen (secondary N) is 2. The van der Waals surface area contributed by atoms with Crippen LogP contribution in [-0.4, -0.2) is 49.0 Å². The lowest BCUT2D eigenvalue weighted by Crippen LogP contribution is -2.45. The van der Waals surface area contributed by atoms with Gasteiger partial charge < -0.3 is 15.5 Å². The highest BCUT2D eigenvalue weighted by Gasteiger charge is 2.25. The molecule has 1 unspecified atom stereocenters. The van der Waals surface area contributed by atoms with Crippen molar-refractivity contribution in [1.29, 1.82) is 0 Å². The molecule has 1 amide bonds. The van der Waals surface area contributed by atoms with Gasteiger partial charge in [-0.15, -0.1) is 24.0 Å². The molecule has 1 atom stereocenters. The summed E-state index contributed by atoms with van der Waals surface area (Å²) >= 11 is 0. The summed E-state index contributed by atoms with van der Waals surface area (Å²) in [4.78, 5) is 17.8. The quantitative estimate of drug-likeness (QED) is 0.445. The maximum atomic E-state index is 11.5. The van der Waals surface area contributed by atoms with Crippen LogP contribution < -0.4 is 10.6 Å². The summed E-state index contributed by atoms with van der Waals surface area (Å²) < 4.78 is 0. The number of hydrogen-bond donors (Lipinski definition) is 2. The molecule has 0 aromatic heterocycles. The molecule has 1 saturated heterocycles.